The lowest BCUT2D eigenvalue weighted by atomic mass is 10.1. The van der Waals surface area contributed by atoms with Gasteiger partial charge in [-0.2, -0.15) is 0 Å². The van der Waals surface area contributed by atoms with Crippen molar-refractivity contribution in [1.82, 2.24) is 14.5 Å². The number of fused-ring (bicyclic) bond motifs is 1. The van der Waals surface area contributed by atoms with E-state index < -0.39 is 5.97 Å². The minimum absolute atomic E-state index is 0.0843. The Morgan fingerprint density at radius 2 is 2.04 bits per heavy atom. The first kappa shape index (κ1) is 14.6. The number of thiazole rings is 1. The fourth-order valence-corrected chi connectivity index (χ4v) is 3.43. The molecule has 0 unspecified atom stereocenters. The third-order valence-electron chi connectivity index (χ3n) is 3.78. The van der Waals surface area contributed by atoms with Gasteiger partial charge in [-0.15, -0.1) is 11.3 Å². The smallest absolute Gasteiger partial charge is 0.355 e. The summed E-state index contributed by atoms with van der Waals surface area (Å²) in [5, 5.41) is 11.3. The fraction of sp³-hybridized carbons (Fsp3) is 0.0556. The van der Waals surface area contributed by atoms with Crippen molar-refractivity contribution in [2.45, 2.75) is 6.54 Å². The quantitative estimate of drug-likeness (QED) is 0.614. The predicted molar refractivity (Wildman–Crippen MR) is 93.3 cm³/mol. The summed E-state index contributed by atoms with van der Waals surface area (Å²) in [6.45, 7) is 0.700. The van der Waals surface area contributed by atoms with E-state index in [-0.39, 0.29) is 5.69 Å². The Hall–Kier alpha value is -2.99. The summed E-state index contributed by atoms with van der Waals surface area (Å²) < 4.78 is 2.10. The second-order valence-electron chi connectivity index (χ2n) is 5.40. The number of aromatic carboxylic acids is 1. The molecule has 2 heterocycles. The van der Waals surface area contributed by atoms with Crippen LogP contribution in [0.25, 0.3) is 21.6 Å². The molecule has 1 N–H and O–H groups in total. The first-order valence-corrected chi connectivity index (χ1v) is 8.27. The molecule has 0 aliphatic carbocycles. The van der Waals surface area contributed by atoms with Gasteiger partial charge in [-0.1, -0.05) is 30.3 Å². The van der Waals surface area contributed by atoms with Gasteiger partial charge < -0.3 is 9.67 Å². The van der Waals surface area contributed by atoms with Gasteiger partial charge in [0.15, 0.2) is 5.69 Å². The minimum Gasteiger partial charge on any atom is -0.476 e. The number of benzene rings is 2. The van der Waals surface area contributed by atoms with E-state index in [2.05, 4.69) is 14.5 Å². The highest BCUT2D eigenvalue weighted by Gasteiger charge is 2.10. The van der Waals surface area contributed by atoms with Gasteiger partial charge in [0.2, 0.25) is 0 Å². The first-order chi connectivity index (χ1) is 11.7. The van der Waals surface area contributed by atoms with E-state index in [0.717, 1.165) is 22.2 Å². The molecule has 4 aromatic rings. The van der Waals surface area contributed by atoms with Crippen molar-refractivity contribution >= 4 is 28.3 Å². The lowest BCUT2D eigenvalue weighted by Gasteiger charge is -2.06. The Morgan fingerprint density at radius 1 is 1.17 bits per heavy atom. The number of rotatable bonds is 4. The molecular formula is C18H13N3O2S. The molecule has 2 aromatic carbocycles. The van der Waals surface area contributed by atoms with E-state index in [9.17, 15) is 4.79 Å². The molecule has 6 heteroatoms. The van der Waals surface area contributed by atoms with Crippen molar-refractivity contribution in [3.05, 3.63) is 71.5 Å². The number of carboxylic acids is 1. The lowest BCUT2D eigenvalue weighted by molar-refractivity contribution is 0.0691. The molecule has 0 fully saturated rings. The van der Waals surface area contributed by atoms with Crippen LogP contribution in [-0.2, 0) is 6.54 Å². The molecule has 0 spiro atoms. The summed E-state index contributed by atoms with van der Waals surface area (Å²) in [7, 11) is 0. The number of hydrogen-bond donors (Lipinski definition) is 1. The molecule has 0 aliphatic heterocycles. The first-order valence-electron chi connectivity index (χ1n) is 7.39. The van der Waals surface area contributed by atoms with Gasteiger partial charge in [-0.05, 0) is 23.8 Å². The highest BCUT2D eigenvalue weighted by Crippen LogP contribution is 2.25. The summed E-state index contributed by atoms with van der Waals surface area (Å²) in [6.07, 6.45) is 1.84. The van der Waals surface area contributed by atoms with E-state index in [1.54, 1.807) is 5.38 Å². The normalized spacial score (nSPS) is 11.0. The summed E-state index contributed by atoms with van der Waals surface area (Å²) >= 11 is 1.34. The molecule has 0 amide bonds. The molecular weight excluding hydrogens is 322 g/mol. The van der Waals surface area contributed by atoms with E-state index >= 15 is 0 Å². The Bertz CT molecular complexity index is 1040. The van der Waals surface area contributed by atoms with Gasteiger partial charge >= 0.3 is 5.97 Å². The third kappa shape index (κ3) is 2.68. The van der Waals surface area contributed by atoms with Crippen molar-refractivity contribution in [1.29, 1.82) is 0 Å². The van der Waals surface area contributed by atoms with Crippen LogP contribution in [-0.4, -0.2) is 25.6 Å². The van der Waals surface area contributed by atoms with Gasteiger partial charge in [0.25, 0.3) is 0 Å². The lowest BCUT2D eigenvalue weighted by Crippen LogP contribution is -1.98. The third-order valence-corrected chi connectivity index (χ3v) is 4.67. The van der Waals surface area contributed by atoms with Crippen LogP contribution in [0, 0.1) is 0 Å². The van der Waals surface area contributed by atoms with Gasteiger partial charge in [0, 0.05) is 17.5 Å². The summed E-state index contributed by atoms with van der Waals surface area (Å²) in [5.74, 6) is -1.00. The Morgan fingerprint density at radius 3 is 2.88 bits per heavy atom. The van der Waals surface area contributed by atoms with E-state index in [1.165, 1.54) is 11.3 Å². The van der Waals surface area contributed by atoms with E-state index in [4.69, 9.17) is 5.11 Å². The van der Waals surface area contributed by atoms with Crippen molar-refractivity contribution in [2.75, 3.05) is 0 Å². The molecule has 118 valence electrons. The van der Waals surface area contributed by atoms with Crippen LogP contribution in [0.3, 0.4) is 0 Å². The van der Waals surface area contributed by atoms with Crippen LogP contribution in [0.2, 0.25) is 0 Å². The van der Waals surface area contributed by atoms with Gasteiger partial charge in [0.1, 0.15) is 5.01 Å². The predicted octanol–water partition coefficient (Wildman–Crippen LogP) is 3.91. The molecule has 0 aliphatic rings. The average molecular weight is 335 g/mol. The summed E-state index contributed by atoms with van der Waals surface area (Å²) in [5.41, 5.74) is 4.18. The fourth-order valence-electron chi connectivity index (χ4n) is 2.64. The summed E-state index contributed by atoms with van der Waals surface area (Å²) in [4.78, 5) is 19.6. The van der Waals surface area contributed by atoms with Crippen molar-refractivity contribution in [3.63, 3.8) is 0 Å². The van der Waals surface area contributed by atoms with Crippen molar-refractivity contribution in [3.8, 4) is 10.6 Å². The highest BCUT2D eigenvalue weighted by atomic mass is 32.1. The molecule has 4 rings (SSSR count). The van der Waals surface area contributed by atoms with Crippen LogP contribution in [0.5, 0.6) is 0 Å². The molecule has 5 nitrogen and oxygen atoms in total. The molecule has 2 aromatic heterocycles. The number of imidazole rings is 1. The molecule has 0 saturated carbocycles. The van der Waals surface area contributed by atoms with Crippen LogP contribution in [0.4, 0.5) is 0 Å². The zero-order valence-electron chi connectivity index (χ0n) is 12.6. The zero-order chi connectivity index (χ0) is 16.5. The number of carbonyl (C=O) groups is 1. The largest absolute Gasteiger partial charge is 0.476 e. The average Bonchev–Trinajstić information content (AvgIpc) is 3.23. The SMILES string of the molecule is O=C(O)c1csc(-c2cccc(Cn3cnc4ccccc43)c2)n1. The van der Waals surface area contributed by atoms with Crippen molar-refractivity contribution in [2.24, 2.45) is 0 Å². The Kier molecular flexibility index (Phi) is 3.59. The van der Waals surface area contributed by atoms with Gasteiger partial charge in [0.05, 0.1) is 17.4 Å². The molecule has 0 bridgehead atoms. The second kappa shape index (κ2) is 5.90. The van der Waals surface area contributed by atoms with Gasteiger partial charge in [-0.3, -0.25) is 0 Å². The number of carboxylic acid groups (broad SMARTS) is 1. The Labute approximate surface area is 141 Å². The molecule has 24 heavy (non-hydrogen) atoms. The maximum atomic E-state index is 11.0. The van der Waals surface area contributed by atoms with E-state index in [1.807, 2.05) is 54.9 Å². The monoisotopic (exact) mass is 335 g/mol. The van der Waals surface area contributed by atoms with Crippen LogP contribution in [0.15, 0.2) is 60.2 Å². The van der Waals surface area contributed by atoms with Gasteiger partial charge in [-0.25, -0.2) is 14.8 Å². The van der Waals surface area contributed by atoms with Crippen LogP contribution in [0.1, 0.15) is 16.1 Å². The maximum absolute atomic E-state index is 11.0. The van der Waals surface area contributed by atoms with E-state index in [0.29, 0.717) is 11.6 Å². The zero-order valence-corrected chi connectivity index (χ0v) is 13.4. The number of aromatic nitrogens is 3. The molecule has 0 atom stereocenters. The van der Waals surface area contributed by atoms with Crippen LogP contribution >= 0.6 is 11.3 Å². The minimum atomic E-state index is -1.00. The van der Waals surface area contributed by atoms with Crippen LogP contribution < -0.4 is 0 Å². The molecule has 0 saturated heterocycles. The topological polar surface area (TPSA) is 68.0 Å². The number of hydrogen-bond acceptors (Lipinski definition) is 4. The van der Waals surface area contributed by atoms with Crippen molar-refractivity contribution < 1.29 is 9.90 Å². The maximum Gasteiger partial charge on any atom is 0.355 e. The standard InChI is InChI=1S/C18H13N3O2S/c22-18(23)15-10-24-17(20-15)13-5-3-4-12(8-13)9-21-11-19-14-6-1-2-7-16(14)21/h1-8,10-11H,9H2,(H,22,23). The Balaban J connectivity index is 1.66. The molecule has 0 radical (unpaired) electrons. The summed E-state index contributed by atoms with van der Waals surface area (Å²) in [6, 6.07) is 16.0. The highest BCUT2D eigenvalue weighted by molar-refractivity contribution is 7.13. The number of nitrogens with zero attached hydrogens (tertiary/aromatic N) is 3. The number of para-hydroxylation sites is 2. The second-order valence-corrected chi connectivity index (χ2v) is 6.26.